The molecule has 4 nitrogen and oxygen atoms in total. The van der Waals surface area contributed by atoms with Gasteiger partial charge in [-0.3, -0.25) is 9.69 Å². The molecule has 1 saturated carbocycles. The van der Waals surface area contributed by atoms with Crippen molar-refractivity contribution in [2.75, 3.05) is 32.7 Å². The normalized spacial score (nSPS) is 24.5. The lowest BCUT2D eigenvalue weighted by Crippen LogP contribution is -2.53. The number of nitrogens with zero attached hydrogens (tertiary/aromatic N) is 2. The Kier molecular flexibility index (Phi) is 3.82. The average Bonchev–Trinajstić information content (AvgIpc) is 3.15. The molecule has 0 aromatic rings. The standard InChI is InChI=1S/C12H23N3O/c1-2-11(9-13)14-5-7-15(8-6-14)12(16)10-3-4-10/h10-11H,2-9,13H2,1H3. The molecule has 0 radical (unpaired) electrons. The number of nitrogens with two attached hydrogens (primary N) is 1. The maximum Gasteiger partial charge on any atom is 0.225 e. The molecule has 2 fully saturated rings. The van der Waals surface area contributed by atoms with E-state index in [0.717, 1.165) is 52.0 Å². The van der Waals surface area contributed by atoms with E-state index in [4.69, 9.17) is 5.73 Å². The van der Waals surface area contributed by atoms with Crippen LogP contribution in [0.15, 0.2) is 0 Å². The van der Waals surface area contributed by atoms with Gasteiger partial charge in [-0.1, -0.05) is 6.92 Å². The molecule has 0 aromatic carbocycles. The topological polar surface area (TPSA) is 49.6 Å². The largest absolute Gasteiger partial charge is 0.340 e. The number of piperazine rings is 1. The zero-order valence-corrected chi connectivity index (χ0v) is 10.2. The van der Waals surface area contributed by atoms with Gasteiger partial charge in [0.05, 0.1) is 0 Å². The summed E-state index contributed by atoms with van der Waals surface area (Å²) in [5, 5.41) is 0. The second-order valence-electron chi connectivity index (χ2n) is 4.93. The summed E-state index contributed by atoms with van der Waals surface area (Å²) in [6.07, 6.45) is 3.33. The van der Waals surface area contributed by atoms with E-state index in [0.29, 0.717) is 17.9 Å². The number of amides is 1. The molecule has 0 spiro atoms. The highest BCUT2D eigenvalue weighted by molar-refractivity contribution is 5.81. The van der Waals surface area contributed by atoms with Crippen molar-refractivity contribution in [2.45, 2.75) is 32.2 Å². The van der Waals surface area contributed by atoms with Crippen LogP contribution < -0.4 is 5.73 Å². The minimum atomic E-state index is 0.364. The first-order chi connectivity index (χ1) is 7.76. The summed E-state index contributed by atoms with van der Waals surface area (Å²) in [6.45, 7) is 6.69. The van der Waals surface area contributed by atoms with Gasteiger partial charge in [0.25, 0.3) is 0 Å². The molecular weight excluding hydrogens is 202 g/mol. The molecule has 4 heteroatoms. The lowest BCUT2D eigenvalue weighted by atomic mass is 10.1. The Morgan fingerprint density at radius 2 is 1.94 bits per heavy atom. The smallest absolute Gasteiger partial charge is 0.225 e. The Labute approximate surface area is 97.8 Å². The first kappa shape index (κ1) is 11.9. The fourth-order valence-corrected chi connectivity index (χ4v) is 2.47. The number of carbonyl (C=O) groups excluding carboxylic acids is 1. The minimum Gasteiger partial charge on any atom is -0.340 e. The summed E-state index contributed by atoms with van der Waals surface area (Å²) >= 11 is 0. The molecule has 1 amide bonds. The van der Waals surface area contributed by atoms with E-state index in [9.17, 15) is 4.79 Å². The Hall–Kier alpha value is -0.610. The van der Waals surface area contributed by atoms with Gasteiger partial charge in [0, 0.05) is 44.7 Å². The van der Waals surface area contributed by atoms with E-state index in [1.807, 2.05) is 4.90 Å². The van der Waals surface area contributed by atoms with Crippen LogP contribution in [0.4, 0.5) is 0 Å². The number of hydrogen-bond donors (Lipinski definition) is 1. The van der Waals surface area contributed by atoms with Gasteiger partial charge in [-0.15, -0.1) is 0 Å². The van der Waals surface area contributed by atoms with E-state index in [-0.39, 0.29) is 0 Å². The van der Waals surface area contributed by atoms with Crippen molar-refractivity contribution in [1.29, 1.82) is 0 Å². The quantitative estimate of drug-likeness (QED) is 0.747. The molecule has 16 heavy (non-hydrogen) atoms. The second kappa shape index (κ2) is 5.15. The van der Waals surface area contributed by atoms with Crippen molar-refractivity contribution in [3.8, 4) is 0 Å². The van der Waals surface area contributed by atoms with Gasteiger partial charge in [-0.25, -0.2) is 0 Å². The molecule has 2 rings (SSSR count). The van der Waals surface area contributed by atoms with Crippen molar-refractivity contribution < 1.29 is 4.79 Å². The van der Waals surface area contributed by atoms with Crippen LogP contribution in [0.1, 0.15) is 26.2 Å². The van der Waals surface area contributed by atoms with Crippen molar-refractivity contribution in [1.82, 2.24) is 9.80 Å². The van der Waals surface area contributed by atoms with Crippen LogP contribution in [-0.4, -0.2) is 54.5 Å². The van der Waals surface area contributed by atoms with Gasteiger partial charge >= 0.3 is 0 Å². The third-order valence-corrected chi connectivity index (χ3v) is 3.81. The SMILES string of the molecule is CCC(CN)N1CCN(C(=O)C2CC2)CC1. The van der Waals surface area contributed by atoms with Crippen molar-refractivity contribution in [2.24, 2.45) is 11.7 Å². The summed E-state index contributed by atoms with van der Waals surface area (Å²) in [4.78, 5) is 16.3. The number of carbonyl (C=O) groups is 1. The Morgan fingerprint density at radius 3 is 2.38 bits per heavy atom. The molecule has 2 aliphatic rings. The Morgan fingerprint density at radius 1 is 1.31 bits per heavy atom. The molecular formula is C12H23N3O. The van der Waals surface area contributed by atoms with Crippen LogP contribution in [0.5, 0.6) is 0 Å². The summed E-state index contributed by atoms with van der Waals surface area (Å²) in [7, 11) is 0. The van der Waals surface area contributed by atoms with Gasteiger partial charge in [0.15, 0.2) is 0 Å². The zero-order valence-electron chi connectivity index (χ0n) is 10.2. The molecule has 0 bridgehead atoms. The molecule has 1 unspecified atom stereocenters. The van der Waals surface area contributed by atoms with Crippen molar-refractivity contribution in [3.63, 3.8) is 0 Å². The molecule has 0 aromatic heterocycles. The summed E-state index contributed by atoms with van der Waals surface area (Å²) in [5.74, 6) is 0.753. The lowest BCUT2D eigenvalue weighted by molar-refractivity contribution is -0.134. The first-order valence-electron chi connectivity index (χ1n) is 6.49. The predicted molar refractivity (Wildman–Crippen MR) is 64.0 cm³/mol. The van der Waals surface area contributed by atoms with E-state index < -0.39 is 0 Å². The van der Waals surface area contributed by atoms with Gasteiger partial charge in [0.2, 0.25) is 5.91 Å². The summed E-state index contributed by atoms with van der Waals surface area (Å²) in [5.41, 5.74) is 5.74. The van der Waals surface area contributed by atoms with Gasteiger partial charge in [-0.2, -0.15) is 0 Å². The maximum atomic E-state index is 11.9. The third kappa shape index (κ3) is 2.55. The minimum absolute atomic E-state index is 0.364. The molecule has 1 saturated heterocycles. The highest BCUT2D eigenvalue weighted by Gasteiger charge is 2.35. The van der Waals surface area contributed by atoms with Crippen molar-refractivity contribution in [3.05, 3.63) is 0 Å². The fraction of sp³-hybridized carbons (Fsp3) is 0.917. The van der Waals surface area contributed by atoms with E-state index >= 15 is 0 Å². The first-order valence-corrected chi connectivity index (χ1v) is 6.49. The highest BCUT2D eigenvalue weighted by Crippen LogP contribution is 2.31. The van der Waals surface area contributed by atoms with Crippen LogP contribution in [0.3, 0.4) is 0 Å². The molecule has 1 aliphatic heterocycles. The Balaban J connectivity index is 1.79. The van der Waals surface area contributed by atoms with E-state index in [2.05, 4.69) is 11.8 Å². The second-order valence-corrected chi connectivity index (χ2v) is 4.93. The van der Waals surface area contributed by atoms with Crippen LogP contribution in [0, 0.1) is 5.92 Å². The monoisotopic (exact) mass is 225 g/mol. The highest BCUT2D eigenvalue weighted by atomic mass is 16.2. The van der Waals surface area contributed by atoms with Crippen LogP contribution >= 0.6 is 0 Å². The molecule has 1 atom stereocenters. The van der Waals surface area contributed by atoms with Crippen LogP contribution in [-0.2, 0) is 4.79 Å². The molecule has 2 N–H and O–H groups in total. The van der Waals surface area contributed by atoms with Crippen molar-refractivity contribution >= 4 is 5.91 Å². The summed E-state index contributed by atoms with van der Waals surface area (Å²) in [6, 6.07) is 0.498. The number of hydrogen-bond acceptors (Lipinski definition) is 3. The maximum absolute atomic E-state index is 11.9. The van der Waals surface area contributed by atoms with Gasteiger partial charge in [0.1, 0.15) is 0 Å². The van der Waals surface area contributed by atoms with Gasteiger partial charge < -0.3 is 10.6 Å². The van der Waals surface area contributed by atoms with Crippen LogP contribution in [0.2, 0.25) is 0 Å². The molecule has 1 aliphatic carbocycles. The zero-order chi connectivity index (χ0) is 11.5. The third-order valence-electron chi connectivity index (χ3n) is 3.81. The lowest BCUT2D eigenvalue weighted by Gasteiger charge is -2.38. The van der Waals surface area contributed by atoms with Crippen LogP contribution in [0.25, 0.3) is 0 Å². The number of rotatable bonds is 4. The van der Waals surface area contributed by atoms with Gasteiger partial charge in [-0.05, 0) is 19.3 Å². The fourth-order valence-electron chi connectivity index (χ4n) is 2.47. The summed E-state index contributed by atoms with van der Waals surface area (Å²) < 4.78 is 0. The molecule has 1 heterocycles. The average molecular weight is 225 g/mol. The predicted octanol–water partition coefficient (Wildman–Crippen LogP) is 0.278. The van der Waals surface area contributed by atoms with E-state index in [1.165, 1.54) is 0 Å². The van der Waals surface area contributed by atoms with E-state index in [1.54, 1.807) is 0 Å². The Bertz CT molecular complexity index is 241. The molecule has 92 valence electrons.